The molecule has 25 heavy (non-hydrogen) atoms. The Hall–Kier alpha value is -2.86. The lowest BCUT2D eigenvalue weighted by Gasteiger charge is -2.26. The van der Waals surface area contributed by atoms with Crippen molar-refractivity contribution < 1.29 is 14.6 Å². The van der Waals surface area contributed by atoms with E-state index >= 15 is 0 Å². The summed E-state index contributed by atoms with van der Waals surface area (Å²) < 4.78 is 10.8. The molecule has 1 atom stereocenters. The molecular weight excluding hydrogens is 318 g/mol. The van der Waals surface area contributed by atoms with Gasteiger partial charge in [-0.25, -0.2) is 9.97 Å². The number of ether oxygens (including phenoxy) is 2. The van der Waals surface area contributed by atoms with Crippen LogP contribution >= 0.6 is 0 Å². The molecule has 0 amide bonds. The van der Waals surface area contributed by atoms with Gasteiger partial charge in [0.05, 0.1) is 32.4 Å². The van der Waals surface area contributed by atoms with E-state index in [1.807, 2.05) is 24.3 Å². The van der Waals surface area contributed by atoms with Gasteiger partial charge in [-0.05, 0) is 24.1 Å². The number of aliphatic hydroxyl groups excluding tert-OH is 1. The molecule has 1 N–H and O–H groups in total. The summed E-state index contributed by atoms with van der Waals surface area (Å²) in [5.41, 5.74) is 3.04. The minimum atomic E-state index is -0.0522. The highest BCUT2D eigenvalue weighted by atomic mass is 16.5. The Morgan fingerprint density at radius 1 is 1.12 bits per heavy atom. The number of fused-ring (bicyclic) bond motifs is 2. The minimum Gasteiger partial charge on any atom is -0.493 e. The summed E-state index contributed by atoms with van der Waals surface area (Å²) in [7, 11) is 3.21. The van der Waals surface area contributed by atoms with Crippen LogP contribution in [0.3, 0.4) is 0 Å². The van der Waals surface area contributed by atoms with E-state index in [1.54, 1.807) is 20.5 Å². The van der Waals surface area contributed by atoms with Crippen molar-refractivity contribution in [2.75, 3.05) is 25.7 Å². The number of anilines is 2. The summed E-state index contributed by atoms with van der Waals surface area (Å²) in [5, 5.41) is 10.8. The molecule has 0 fully saturated rings. The van der Waals surface area contributed by atoms with Crippen molar-refractivity contribution in [2.45, 2.75) is 12.5 Å². The van der Waals surface area contributed by atoms with Crippen molar-refractivity contribution in [3.05, 3.63) is 48.3 Å². The SMILES string of the molecule is COc1cc2ncnc(N3c4ccccc4CC3CO)c2cc1OC. The maximum Gasteiger partial charge on any atom is 0.162 e. The second kappa shape index (κ2) is 6.22. The zero-order chi connectivity index (χ0) is 17.4. The predicted molar refractivity (Wildman–Crippen MR) is 95.8 cm³/mol. The Balaban J connectivity index is 1.94. The third-order valence-electron chi connectivity index (χ3n) is 4.63. The number of aromatic nitrogens is 2. The quantitative estimate of drug-likeness (QED) is 0.789. The van der Waals surface area contributed by atoms with Gasteiger partial charge in [0.2, 0.25) is 0 Å². The predicted octanol–water partition coefficient (Wildman–Crippen LogP) is 2.70. The molecule has 4 rings (SSSR count). The molecule has 0 radical (unpaired) electrons. The molecule has 2 heterocycles. The van der Waals surface area contributed by atoms with Crippen LogP contribution in [0.2, 0.25) is 0 Å². The first kappa shape index (κ1) is 15.7. The highest BCUT2D eigenvalue weighted by Gasteiger charge is 2.31. The van der Waals surface area contributed by atoms with Gasteiger partial charge < -0.3 is 19.5 Å². The van der Waals surface area contributed by atoms with Gasteiger partial charge in [-0.2, -0.15) is 0 Å². The highest BCUT2D eigenvalue weighted by molar-refractivity contribution is 5.94. The smallest absolute Gasteiger partial charge is 0.162 e. The lowest BCUT2D eigenvalue weighted by atomic mass is 10.1. The first-order valence-corrected chi connectivity index (χ1v) is 8.11. The fourth-order valence-electron chi connectivity index (χ4n) is 3.45. The largest absolute Gasteiger partial charge is 0.493 e. The molecule has 0 aliphatic carbocycles. The van der Waals surface area contributed by atoms with Crippen LogP contribution in [0.5, 0.6) is 11.5 Å². The van der Waals surface area contributed by atoms with Gasteiger partial charge in [-0.1, -0.05) is 18.2 Å². The molecule has 1 aliphatic heterocycles. The van der Waals surface area contributed by atoms with Gasteiger partial charge in [0, 0.05) is 17.1 Å². The van der Waals surface area contributed by atoms with Crippen molar-refractivity contribution in [1.82, 2.24) is 9.97 Å². The molecule has 1 aliphatic rings. The number of aliphatic hydroxyl groups is 1. The lowest BCUT2D eigenvalue weighted by Crippen LogP contribution is -2.31. The molecule has 1 unspecified atom stereocenters. The van der Waals surface area contributed by atoms with Gasteiger partial charge in [0.15, 0.2) is 11.5 Å². The second-order valence-corrected chi connectivity index (χ2v) is 5.96. The van der Waals surface area contributed by atoms with E-state index in [4.69, 9.17) is 9.47 Å². The van der Waals surface area contributed by atoms with Crippen LogP contribution in [0.15, 0.2) is 42.7 Å². The lowest BCUT2D eigenvalue weighted by molar-refractivity contribution is 0.268. The third-order valence-corrected chi connectivity index (χ3v) is 4.63. The van der Waals surface area contributed by atoms with Crippen LogP contribution in [0.1, 0.15) is 5.56 Å². The molecular formula is C19H19N3O3. The van der Waals surface area contributed by atoms with Gasteiger partial charge in [-0.3, -0.25) is 0 Å². The third kappa shape index (κ3) is 2.46. The Labute approximate surface area is 145 Å². The standard InChI is InChI=1S/C19H19N3O3/c1-24-17-8-14-15(9-18(17)25-2)20-11-21-19(14)22-13(10-23)7-12-5-3-4-6-16(12)22/h3-6,8-9,11,13,23H,7,10H2,1-2H3. The van der Waals surface area contributed by atoms with Crippen molar-refractivity contribution >= 4 is 22.4 Å². The summed E-state index contributed by atoms with van der Waals surface area (Å²) in [6.45, 7) is 0.0491. The number of hydrogen-bond donors (Lipinski definition) is 1. The molecule has 0 saturated carbocycles. The Kier molecular flexibility index (Phi) is 3.89. The average molecular weight is 337 g/mol. The molecule has 128 valence electrons. The molecule has 0 spiro atoms. The van der Waals surface area contributed by atoms with E-state index in [0.29, 0.717) is 11.5 Å². The van der Waals surface area contributed by atoms with Gasteiger partial charge in [-0.15, -0.1) is 0 Å². The van der Waals surface area contributed by atoms with E-state index in [-0.39, 0.29) is 12.6 Å². The van der Waals surface area contributed by atoms with Crippen LogP contribution in [0, 0.1) is 0 Å². The minimum absolute atomic E-state index is 0.0491. The normalized spacial score (nSPS) is 16.1. The fourth-order valence-corrected chi connectivity index (χ4v) is 3.45. The monoisotopic (exact) mass is 337 g/mol. The second-order valence-electron chi connectivity index (χ2n) is 5.96. The summed E-state index contributed by atoms with van der Waals surface area (Å²) in [6.07, 6.45) is 2.32. The Bertz CT molecular complexity index is 929. The average Bonchev–Trinajstić information content (AvgIpc) is 3.04. The Morgan fingerprint density at radius 3 is 2.64 bits per heavy atom. The van der Waals surface area contributed by atoms with E-state index in [2.05, 4.69) is 27.0 Å². The zero-order valence-electron chi connectivity index (χ0n) is 14.1. The van der Waals surface area contributed by atoms with Crippen LogP contribution in [-0.2, 0) is 6.42 Å². The first-order chi connectivity index (χ1) is 12.3. The van der Waals surface area contributed by atoms with Crippen LogP contribution in [0.4, 0.5) is 11.5 Å². The molecule has 0 bridgehead atoms. The van der Waals surface area contributed by atoms with Crippen LogP contribution in [0.25, 0.3) is 10.9 Å². The molecule has 3 aromatic rings. The van der Waals surface area contributed by atoms with Crippen LogP contribution < -0.4 is 14.4 Å². The fraction of sp³-hybridized carbons (Fsp3) is 0.263. The Morgan fingerprint density at radius 2 is 1.88 bits per heavy atom. The van der Waals surface area contributed by atoms with Crippen molar-refractivity contribution in [3.8, 4) is 11.5 Å². The van der Waals surface area contributed by atoms with E-state index in [0.717, 1.165) is 28.8 Å². The molecule has 2 aromatic carbocycles. The van der Waals surface area contributed by atoms with E-state index in [9.17, 15) is 5.11 Å². The molecule has 6 heteroatoms. The van der Waals surface area contributed by atoms with Gasteiger partial charge in [0.1, 0.15) is 12.1 Å². The zero-order valence-corrected chi connectivity index (χ0v) is 14.1. The molecule has 1 aromatic heterocycles. The maximum atomic E-state index is 9.90. The number of nitrogens with zero attached hydrogens (tertiary/aromatic N) is 3. The van der Waals surface area contributed by atoms with E-state index in [1.165, 1.54) is 5.56 Å². The highest BCUT2D eigenvalue weighted by Crippen LogP contribution is 2.41. The summed E-state index contributed by atoms with van der Waals surface area (Å²) in [4.78, 5) is 11.0. The van der Waals surface area contributed by atoms with Crippen LogP contribution in [-0.4, -0.2) is 41.9 Å². The topological polar surface area (TPSA) is 67.7 Å². The van der Waals surface area contributed by atoms with Crippen molar-refractivity contribution in [1.29, 1.82) is 0 Å². The number of benzene rings is 2. The number of hydrogen-bond acceptors (Lipinski definition) is 6. The number of para-hydroxylation sites is 1. The van der Waals surface area contributed by atoms with Gasteiger partial charge >= 0.3 is 0 Å². The summed E-state index contributed by atoms with van der Waals surface area (Å²) in [6, 6.07) is 11.8. The maximum absolute atomic E-state index is 9.90. The summed E-state index contributed by atoms with van der Waals surface area (Å²) in [5.74, 6) is 2.01. The van der Waals surface area contributed by atoms with Crippen molar-refractivity contribution in [3.63, 3.8) is 0 Å². The summed E-state index contributed by atoms with van der Waals surface area (Å²) >= 11 is 0. The number of rotatable bonds is 4. The first-order valence-electron chi connectivity index (χ1n) is 8.11. The number of methoxy groups -OCH3 is 2. The van der Waals surface area contributed by atoms with E-state index < -0.39 is 0 Å². The molecule has 6 nitrogen and oxygen atoms in total. The molecule has 0 saturated heterocycles. The van der Waals surface area contributed by atoms with Crippen molar-refractivity contribution in [2.24, 2.45) is 0 Å². The van der Waals surface area contributed by atoms with Gasteiger partial charge in [0.25, 0.3) is 0 Å².